The molecular weight excluding hydrogens is 662 g/mol. The highest BCUT2D eigenvalue weighted by Crippen LogP contribution is 2.36. The number of rotatable bonds is 17. The van der Waals surface area contributed by atoms with Crippen LogP contribution in [0, 0.1) is 16.7 Å². The van der Waals surface area contributed by atoms with Gasteiger partial charge in [0.1, 0.15) is 18.5 Å². The van der Waals surface area contributed by atoms with Crippen molar-refractivity contribution in [2.24, 2.45) is 5.41 Å². The fraction of sp³-hybridized carbons (Fsp3) is 0.459. The summed E-state index contributed by atoms with van der Waals surface area (Å²) in [5, 5.41) is 23.7. The monoisotopic (exact) mass is 707 g/mol. The van der Waals surface area contributed by atoms with Crippen molar-refractivity contribution >= 4 is 16.1 Å². The maximum Gasteiger partial charge on any atom is 0.407 e. The van der Waals surface area contributed by atoms with Gasteiger partial charge in [-0.25, -0.2) is 13.2 Å². The number of alkyl carbamates (subject to hydrolysis) is 1. The van der Waals surface area contributed by atoms with Gasteiger partial charge in [0.2, 0.25) is 16.8 Å². The number of sulfonamides is 1. The third-order valence-electron chi connectivity index (χ3n) is 8.68. The highest BCUT2D eigenvalue weighted by molar-refractivity contribution is 7.89. The first-order valence-corrected chi connectivity index (χ1v) is 18.2. The number of carbonyl (C=O) groups is 1. The Hall–Kier alpha value is -4.35. The molecule has 0 spiro atoms. The minimum atomic E-state index is -4.17. The van der Waals surface area contributed by atoms with E-state index < -0.39 is 39.8 Å². The predicted octanol–water partition coefficient (Wildman–Crippen LogP) is 5.19. The van der Waals surface area contributed by atoms with Gasteiger partial charge < -0.3 is 34.1 Å². The molecule has 13 heteroatoms. The Morgan fingerprint density at radius 1 is 1.08 bits per heavy atom. The zero-order valence-corrected chi connectivity index (χ0v) is 29.3. The first kappa shape index (κ1) is 36.9. The van der Waals surface area contributed by atoms with E-state index in [0.717, 1.165) is 11.1 Å². The zero-order valence-electron chi connectivity index (χ0n) is 28.5. The number of benzene rings is 3. The summed E-state index contributed by atoms with van der Waals surface area (Å²) in [6, 6.07) is 22.7. The van der Waals surface area contributed by atoms with Crippen molar-refractivity contribution in [1.82, 2.24) is 9.62 Å². The molecule has 0 aliphatic carbocycles. The molecule has 3 aromatic rings. The van der Waals surface area contributed by atoms with Crippen molar-refractivity contribution in [3.8, 4) is 23.3 Å². The van der Waals surface area contributed by atoms with E-state index in [-0.39, 0.29) is 37.8 Å². The summed E-state index contributed by atoms with van der Waals surface area (Å²) in [5.41, 5.74) is 1.27. The van der Waals surface area contributed by atoms with Crippen LogP contribution in [-0.2, 0) is 32.5 Å². The van der Waals surface area contributed by atoms with Gasteiger partial charge in [0.25, 0.3) is 0 Å². The number of nitrogens with one attached hydrogen (secondary N) is 1. The first-order chi connectivity index (χ1) is 24.0. The van der Waals surface area contributed by atoms with Crippen LogP contribution in [0.15, 0.2) is 77.7 Å². The number of amides is 1. The van der Waals surface area contributed by atoms with E-state index in [1.54, 1.807) is 6.07 Å². The molecule has 0 aromatic heterocycles. The average Bonchev–Trinajstić information content (AvgIpc) is 3.80. The lowest BCUT2D eigenvalue weighted by atomic mass is 9.87. The number of aliphatic hydroxyl groups excluding tert-OH is 1. The second kappa shape index (κ2) is 17.0. The second-order valence-corrected chi connectivity index (χ2v) is 15.3. The molecule has 12 nitrogen and oxygen atoms in total. The molecule has 0 bridgehead atoms. The first-order valence-electron chi connectivity index (χ1n) is 16.8. The van der Waals surface area contributed by atoms with Crippen LogP contribution in [0.4, 0.5) is 4.79 Å². The number of hydrogen-bond donors (Lipinski definition) is 2. The van der Waals surface area contributed by atoms with E-state index in [1.807, 2.05) is 68.4 Å². The molecular formula is C37H45N3O9S. The summed E-state index contributed by atoms with van der Waals surface area (Å²) in [6.07, 6.45) is -0.212. The van der Waals surface area contributed by atoms with Crippen LogP contribution in [0.5, 0.6) is 17.2 Å². The Labute approximate surface area is 293 Å². The molecule has 2 aliphatic heterocycles. The van der Waals surface area contributed by atoms with Gasteiger partial charge in [-0.15, -0.1) is 0 Å². The lowest BCUT2D eigenvalue weighted by molar-refractivity contribution is 0.0624. The highest BCUT2D eigenvalue weighted by Gasteiger charge is 2.36. The number of ether oxygens (including phenoxy) is 5. The third-order valence-corrected chi connectivity index (χ3v) is 10.5. The quantitative estimate of drug-likeness (QED) is 0.179. The van der Waals surface area contributed by atoms with Gasteiger partial charge in [-0.3, -0.25) is 0 Å². The van der Waals surface area contributed by atoms with E-state index in [1.165, 1.54) is 16.4 Å². The second-order valence-electron chi connectivity index (χ2n) is 13.3. The van der Waals surface area contributed by atoms with Gasteiger partial charge in [0.05, 0.1) is 36.3 Å². The molecule has 3 atom stereocenters. The molecule has 2 heterocycles. The Bertz CT molecular complexity index is 1710. The number of carbonyl (C=O) groups excluding carboxylic acids is 1. The number of unbranched alkanes of at least 4 members (excludes halogenated alkanes) is 1. The van der Waals surface area contributed by atoms with Crippen molar-refractivity contribution in [3.05, 3.63) is 83.9 Å². The molecule has 1 fully saturated rings. The van der Waals surface area contributed by atoms with E-state index >= 15 is 0 Å². The zero-order chi connectivity index (χ0) is 35.6. The molecule has 2 aliphatic rings. The van der Waals surface area contributed by atoms with Crippen molar-refractivity contribution in [2.75, 3.05) is 33.1 Å². The summed E-state index contributed by atoms with van der Waals surface area (Å²) in [7, 11) is -4.17. The van der Waals surface area contributed by atoms with Crippen LogP contribution in [0.2, 0.25) is 0 Å². The number of fused-ring (bicyclic) bond motifs is 1. The Morgan fingerprint density at radius 3 is 2.56 bits per heavy atom. The molecule has 3 aromatic carbocycles. The molecule has 2 N–H and O–H groups in total. The molecule has 5 rings (SSSR count). The van der Waals surface area contributed by atoms with Crippen LogP contribution in [0.25, 0.3) is 0 Å². The lowest BCUT2D eigenvalue weighted by Crippen LogP contribution is -2.52. The van der Waals surface area contributed by atoms with Gasteiger partial charge in [-0.1, -0.05) is 56.3 Å². The minimum absolute atomic E-state index is 0.0102. The summed E-state index contributed by atoms with van der Waals surface area (Å²) >= 11 is 0. The normalized spacial score (nSPS) is 16.8. The molecule has 268 valence electrons. The molecule has 0 saturated carbocycles. The summed E-state index contributed by atoms with van der Waals surface area (Å²) < 4.78 is 57.3. The van der Waals surface area contributed by atoms with E-state index in [0.29, 0.717) is 56.1 Å². The Kier molecular flexibility index (Phi) is 12.6. The largest absolute Gasteiger partial charge is 0.489 e. The van der Waals surface area contributed by atoms with E-state index in [4.69, 9.17) is 28.9 Å². The number of aliphatic hydroxyl groups is 1. The van der Waals surface area contributed by atoms with Crippen LogP contribution in [0.1, 0.15) is 50.7 Å². The van der Waals surface area contributed by atoms with E-state index in [9.17, 15) is 18.3 Å². The SMILES string of the molecule is CC(C)(CCCC#N)CN(C[C@@H](O)[C@H](Cc1ccc(OCc2ccccc2)cc1)NC(=O)O[C@H]1CCOC1)S(=O)(=O)c1ccc2c(c1)OCO2. The Morgan fingerprint density at radius 2 is 1.84 bits per heavy atom. The van der Waals surface area contributed by atoms with Gasteiger partial charge >= 0.3 is 6.09 Å². The maximum absolute atomic E-state index is 14.2. The average molecular weight is 708 g/mol. The topological polar surface area (TPSA) is 157 Å². The van der Waals surface area contributed by atoms with Gasteiger partial charge in [0.15, 0.2) is 11.5 Å². The lowest BCUT2D eigenvalue weighted by Gasteiger charge is -2.35. The van der Waals surface area contributed by atoms with Crippen LogP contribution >= 0.6 is 0 Å². The van der Waals surface area contributed by atoms with Crippen molar-refractivity contribution < 1.29 is 42.0 Å². The summed E-state index contributed by atoms with van der Waals surface area (Å²) in [4.78, 5) is 13.0. The minimum Gasteiger partial charge on any atom is -0.489 e. The summed E-state index contributed by atoms with van der Waals surface area (Å²) in [5.74, 6) is 1.41. The van der Waals surface area contributed by atoms with Gasteiger partial charge in [-0.05, 0) is 60.1 Å². The Balaban J connectivity index is 1.36. The maximum atomic E-state index is 14.2. The fourth-order valence-corrected chi connectivity index (χ4v) is 7.58. The van der Waals surface area contributed by atoms with Crippen molar-refractivity contribution in [2.45, 2.75) is 75.7 Å². The number of nitriles is 1. The van der Waals surface area contributed by atoms with Gasteiger partial charge in [0, 0.05) is 32.0 Å². The fourth-order valence-electron chi connectivity index (χ4n) is 5.91. The smallest absolute Gasteiger partial charge is 0.407 e. The van der Waals surface area contributed by atoms with E-state index in [2.05, 4.69) is 11.4 Å². The molecule has 1 amide bonds. The van der Waals surface area contributed by atoms with Crippen LogP contribution in [0.3, 0.4) is 0 Å². The van der Waals surface area contributed by atoms with Gasteiger partial charge in [-0.2, -0.15) is 9.57 Å². The number of nitrogens with zero attached hydrogens (tertiary/aromatic N) is 2. The number of hydrogen-bond acceptors (Lipinski definition) is 10. The molecule has 0 radical (unpaired) electrons. The molecule has 1 saturated heterocycles. The predicted molar refractivity (Wildman–Crippen MR) is 184 cm³/mol. The van der Waals surface area contributed by atoms with Crippen molar-refractivity contribution in [3.63, 3.8) is 0 Å². The molecule has 0 unspecified atom stereocenters. The van der Waals surface area contributed by atoms with Crippen LogP contribution in [-0.4, -0.2) is 75.3 Å². The molecule has 50 heavy (non-hydrogen) atoms. The highest BCUT2D eigenvalue weighted by atomic mass is 32.2. The van der Waals surface area contributed by atoms with Crippen LogP contribution < -0.4 is 19.5 Å². The van der Waals surface area contributed by atoms with Crippen molar-refractivity contribution in [1.29, 1.82) is 5.26 Å². The summed E-state index contributed by atoms with van der Waals surface area (Å²) in [6.45, 7) is 4.75. The standard InChI is InChI=1S/C37H45N3O9S/c1-37(2,17-6-7-18-38)25-40(50(43,44)31-14-15-34-35(21-31)48-26-47-34)22-33(41)32(39-36(42)49-30-16-19-45-24-30)20-27-10-12-29(13-11-27)46-23-28-8-4-3-5-9-28/h3-5,8-15,21,30,32-33,41H,6-7,16-17,19-20,22-26H2,1-2H3,(H,39,42)/t30-,32-,33+/m0/s1. The third kappa shape index (κ3) is 10.3.